The fourth-order valence-electron chi connectivity index (χ4n) is 5.07. The molecule has 0 radical (unpaired) electrons. The number of carbonyl (C=O) groups excluding carboxylic acids is 1. The summed E-state index contributed by atoms with van der Waals surface area (Å²) in [6, 6.07) is 16.0. The molecule has 1 saturated carbocycles. The summed E-state index contributed by atoms with van der Waals surface area (Å²) in [4.78, 5) is 17.4. The molecule has 1 saturated heterocycles. The summed E-state index contributed by atoms with van der Waals surface area (Å²) >= 11 is 0. The molecule has 34 heavy (non-hydrogen) atoms. The van der Waals surface area contributed by atoms with Gasteiger partial charge in [0, 0.05) is 26.2 Å². The number of nitrogens with zero attached hydrogens (tertiary/aromatic N) is 2. The Morgan fingerprint density at radius 2 is 1.74 bits per heavy atom. The van der Waals surface area contributed by atoms with Crippen LogP contribution in [-0.2, 0) is 11.3 Å². The van der Waals surface area contributed by atoms with Gasteiger partial charge < -0.3 is 14.4 Å². The van der Waals surface area contributed by atoms with E-state index >= 15 is 0 Å². The van der Waals surface area contributed by atoms with Crippen molar-refractivity contribution in [2.45, 2.75) is 38.1 Å². The van der Waals surface area contributed by atoms with Crippen molar-refractivity contribution in [2.75, 3.05) is 46.9 Å². The second-order valence-electron chi connectivity index (χ2n) is 9.46. The van der Waals surface area contributed by atoms with E-state index in [4.69, 9.17) is 9.47 Å². The highest BCUT2D eigenvalue weighted by atomic mass is 35.5. The molecule has 1 aliphatic heterocycles. The van der Waals surface area contributed by atoms with Crippen molar-refractivity contribution in [1.29, 1.82) is 0 Å². The van der Waals surface area contributed by atoms with Crippen LogP contribution in [0.15, 0.2) is 48.5 Å². The standard InChI is InChI=1S/C27H36N2O3.2ClH/c1-28(2)20-24-6-3-4-9-26(24)23-7-5-8-25(18-23)32-27(30)22-12-10-21(11-13-22)19-29-14-16-31-17-15-29;;/h5,7-8,10-13,18,24,26H,3-4,6,9,14-17,19-20H2,1-2H3;2*1H/t24-,26+;;/m1../s1. The summed E-state index contributed by atoms with van der Waals surface area (Å²) < 4.78 is 11.2. The zero-order chi connectivity index (χ0) is 22.3. The summed E-state index contributed by atoms with van der Waals surface area (Å²) in [6.07, 6.45) is 5.06. The Labute approximate surface area is 216 Å². The Morgan fingerprint density at radius 1 is 1.03 bits per heavy atom. The number of rotatable bonds is 7. The van der Waals surface area contributed by atoms with Gasteiger partial charge in [-0.05, 0) is 74.2 Å². The number of hydrogen-bond donors (Lipinski definition) is 0. The Bertz CT molecular complexity index is 886. The Hall–Kier alpha value is -1.63. The van der Waals surface area contributed by atoms with Gasteiger partial charge in [-0.25, -0.2) is 4.79 Å². The molecular weight excluding hydrogens is 471 g/mol. The maximum absolute atomic E-state index is 12.8. The molecule has 5 nitrogen and oxygen atoms in total. The van der Waals surface area contributed by atoms with Crippen molar-refractivity contribution in [3.63, 3.8) is 0 Å². The van der Waals surface area contributed by atoms with E-state index in [1.165, 1.54) is 36.8 Å². The summed E-state index contributed by atoms with van der Waals surface area (Å²) in [5, 5.41) is 0. The number of esters is 1. The number of ether oxygens (including phenoxy) is 2. The van der Waals surface area contributed by atoms with Crippen LogP contribution in [-0.4, -0.2) is 62.7 Å². The van der Waals surface area contributed by atoms with Gasteiger partial charge in [-0.3, -0.25) is 4.90 Å². The summed E-state index contributed by atoms with van der Waals surface area (Å²) in [6.45, 7) is 5.48. The monoisotopic (exact) mass is 508 g/mol. The van der Waals surface area contributed by atoms with E-state index in [1.54, 1.807) is 0 Å². The van der Waals surface area contributed by atoms with Crippen LogP contribution in [0.25, 0.3) is 0 Å². The van der Waals surface area contributed by atoms with Gasteiger partial charge in [0.15, 0.2) is 0 Å². The van der Waals surface area contributed by atoms with Gasteiger partial charge >= 0.3 is 5.97 Å². The first-order valence-corrected chi connectivity index (χ1v) is 11.9. The minimum atomic E-state index is -0.298. The van der Waals surface area contributed by atoms with Crippen molar-refractivity contribution in [2.24, 2.45) is 5.92 Å². The molecule has 0 aromatic heterocycles. The molecule has 188 valence electrons. The molecule has 2 fully saturated rings. The van der Waals surface area contributed by atoms with Gasteiger partial charge in [-0.1, -0.05) is 37.1 Å². The van der Waals surface area contributed by atoms with E-state index < -0.39 is 0 Å². The average Bonchev–Trinajstić information content (AvgIpc) is 2.80. The lowest BCUT2D eigenvalue weighted by molar-refractivity contribution is 0.0342. The summed E-state index contributed by atoms with van der Waals surface area (Å²) in [5.74, 6) is 1.53. The highest BCUT2D eigenvalue weighted by Gasteiger charge is 2.27. The van der Waals surface area contributed by atoms with Crippen LogP contribution >= 0.6 is 24.8 Å². The second-order valence-corrected chi connectivity index (χ2v) is 9.46. The summed E-state index contributed by atoms with van der Waals surface area (Å²) in [5.41, 5.74) is 3.08. The predicted octanol–water partition coefficient (Wildman–Crippen LogP) is 5.42. The van der Waals surface area contributed by atoms with Gasteiger partial charge in [0.25, 0.3) is 0 Å². The lowest BCUT2D eigenvalue weighted by Gasteiger charge is -2.34. The first-order valence-electron chi connectivity index (χ1n) is 11.9. The van der Waals surface area contributed by atoms with Gasteiger partial charge in [-0.15, -0.1) is 24.8 Å². The molecule has 2 aromatic carbocycles. The van der Waals surface area contributed by atoms with E-state index in [1.807, 2.05) is 36.4 Å². The molecule has 1 aliphatic carbocycles. The maximum atomic E-state index is 12.8. The number of hydrogen-bond acceptors (Lipinski definition) is 5. The zero-order valence-corrected chi connectivity index (χ0v) is 21.9. The lowest BCUT2D eigenvalue weighted by atomic mass is 9.75. The molecule has 2 aliphatic rings. The van der Waals surface area contributed by atoms with Crippen LogP contribution < -0.4 is 4.74 Å². The van der Waals surface area contributed by atoms with Crippen LogP contribution in [0.4, 0.5) is 0 Å². The predicted molar refractivity (Wildman–Crippen MR) is 142 cm³/mol. The molecule has 7 heteroatoms. The first-order chi connectivity index (χ1) is 15.6. The van der Waals surface area contributed by atoms with Crippen LogP contribution in [0.5, 0.6) is 5.75 Å². The third kappa shape index (κ3) is 7.96. The number of carbonyl (C=O) groups is 1. The van der Waals surface area contributed by atoms with Gasteiger partial charge in [0.2, 0.25) is 0 Å². The first kappa shape index (κ1) is 28.6. The van der Waals surface area contributed by atoms with Crippen LogP contribution in [0.3, 0.4) is 0 Å². The minimum absolute atomic E-state index is 0. The molecule has 1 heterocycles. The van der Waals surface area contributed by atoms with E-state index in [9.17, 15) is 4.79 Å². The maximum Gasteiger partial charge on any atom is 0.343 e. The average molecular weight is 510 g/mol. The van der Waals surface area contributed by atoms with E-state index in [0.29, 0.717) is 23.1 Å². The molecule has 0 spiro atoms. The van der Waals surface area contributed by atoms with Gasteiger partial charge in [0.1, 0.15) is 5.75 Å². The largest absolute Gasteiger partial charge is 0.423 e. The van der Waals surface area contributed by atoms with E-state index in [-0.39, 0.29) is 30.8 Å². The Kier molecular flexibility index (Phi) is 11.8. The molecule has 2 atom stereocenters. The van der Waals surface area contributed by atoms with Crippen molar-refractivity contribution in [3.8, 4) is 5.75 Å². The van der Waals surface area contributed by atoms with Crippen LogP contribution in [0.2, 0.25) is 0 Å². The summed E-state index contributed by atoms with van der Waals surface area (Å²) in [7, 11) is 4.30. The van der Waals surface area contributed by atoms with Crippen LogP contribution in [0, 0.1) is 5.92 Å². The molecular formula is C27H38Cl2N2O3. The Balaban J connectivity index is 0.00000204. The van der Waals surface area contributed by atoms with Gasteiger partial charge in [-0.2, -0.15) is 0 Å². The van der Waals surface area contributed by atoms with Crippen molar-refractivity contribution in [1.82, 2.24) is 9.80 Å². The number of morpholine rings is 1. The lowest BCUT2D eigenvalue weighted by Crippen LogP contribution is -2.35. The highest BCUT2D eigenvalue weighted by molar-refractivity contribution is 5.91. The molecule has 0 unspecified atom stereocenters. The SMILES string of the molecule is CN(C)C[C@H]1CCCC[C@H]1c1cccc(OC(=O)c2ccc(CN3CCOCC3)cc2)c1.Cl.Cl. The molecule has 4 rings (SSSR count). The van der Waals surface area contributed by atoms with Gasteiger partial charge in [0.05, 0.1) is 18.8 Å². The Morgan fingerprint density at radius 3 is 2.44 bits per heavy atom. The van der Waals surface area contributed by atoms with Crippen LogP contribution in [0.1, 0.15) is 53.1 Å². The minimum Gasteiger partial charge on any atom is -0.423 e. The molecule has 2 aromatic rings. The number of benzene rings is 2. The van der Waals surface area contributed by atoms with Crippen molar-refractivity contribution < 1.29 is 14.3 Å². The quantitative estimate of drug-likeness (QED) is 0.369. The smallest absolute Gasteiger partial charge is 0.343 e. The second kappa shape index (κ2) is 14.1. The highest BCUT2D eigenvalue weighted by Crippen LogP contribution is 2.39. The third-order valence-corrected chi connectivity index (χ3v) is 6.71. The van der Waals surface area contributed by atoms with E-state index in [0.717, 1.165) is 39.4 Å². The van der Waals surface area contributed by atoms with Crippen molar-refractivity contribution in [3.05, 3.63) is 65.2 Å². The fraction of sp³-hybridized carbons (Fsp3) is 0.519. The normalized spacial score (nSPS) is 20.8. The molecule has 0 bridgehead atoms. The van der Waals surface area contributed by atoms with Crippen molar-refractivity contribution >= 4 is 30.8 Å². The van der Waals surface area contributed by atoms with E-state index in [2.05, 4.69) is 36.0 Å². The fourth-order valence-corrected chi connectivity index (χ4v) is 5.07. The molecule has 0 N–H and O–H groups in total. The topological polar surface area (TPSA) is 42.0 Å². The number of halogens is 2. The zero-order valence-electron chi connectivity index (χ0n) is 20.3. The third-order valence-electron chi connectivity index (χ3n) is 6.71. The molecule has 0 amide bonds.